The van der Waals surface area contributed by atoms with Gasteiger partial charge in [0.25, 0.3) is 5.91 Å². The van der Waals surface area contributed by atoms with Crippen LogP contribution in [0, 0.1) is 25.7 Å². The second kappa shape index (κ2) is 15.0. The number of benzene rings is 2. The number of rotatable bonds is 6. The quantitative estimate of drug-likeness (QED) is 0.256. The maximum Gasteiger partial charge on any atom is 0.416 e. The van der Waals surface area contributed by atoms with Crippen LogP contribution in [0.5, 0.6) is 0 Å². The summed E-state index contributed by atoms with van der Waals surface area (Å²) in [4.78, 5) is 22.2. The van der Waals surface area contributed by atoms with Gasteiger partial charge < -0.3 is 4.90 Å². The molecule has 1 atom stereocenters. The molecule has 3 aliphatic rings. The Labute approximate surface area is 273 Å². The van der Waals surface area contributed by atoms with E-state index in [0.29, 0.717) is 44.7 Å². The lowest BCUT2D eigenvalue weighted by Gasteiger charge is -2.41. The summed E-state index contributed by atoms with van der Waals surface area (Å²) < 4.78 is 81.4. The molecular weight excluding hydrogens is 618 g/mol. The van der Waals surface area contributed by atoms with Crippen molar-refractivity contribution in [3.63, 3.8) is 0 Å². The van der Waals surface area contributed by atoms with Crippen molar-refractivity contribution in [2.24, 2.45) is 0 Å². The van der Waals surface area contributed by atoms with Gasteiger partial charge in [-0.1, -0.05) is 49.3 Å². The number of carbonyl (C=O) groups is 1. The van der Waals surface area contributed by atoms with E-state index in [9.17, 15) is 31.1 Å². The largest absolute Gasteiger partial charge is 0.416 e. The number of nitrogens with zero attached hydrogens (tertiary/aromatic N) is 4. The highest BCUT2D eigenvalue weighted by atomic mass is 19.4. The molecule has 0 aromatic heterocycles. The first-order valence-electron chi connectivity index (χ1n) is 16.6. The van der Waals surface area contributed by atoms with Crippen molar-refractivity contribution >= 4 is 5.91 Å². The van der Waals surface area contributed by atoms with Crippen molar-refractivity contribution in [1.82, 2.24) is 19.6 Å². The number of aryl methyl sites for hydroxylation is 2. The summed E-state index contributed by atoms with van der Waals surface area (Å²) in [7, 11) is 0. The van der Waals surface area contributed by atoms with Gasteiger partial charge in [-0.2, -0.15) is 26.3 Å². The fourth-order valence-electron chi connectivity index (χ4n) is 7.02. The van der Waals surface area contributed by atoms with E-state index < -0.39 is 41.0 Å². The summed E-state index contributed by atoms with van der Waals surface area (Å²) in [6, 6.07) is 7.29. The standard InChI is InChI=1S/C36H44F6N4O/c1-26-10-11-28(20-27(26)2)21-33-25-44(13-7-6-12-43-14-17-45(18-15-43)32-8-4-3-5-9-32)16-19-46(33)34(47)29-22-30(35(37,38)39)24-31(23-29)36(40,41)42/h10-11,20,22-24,32-33H,3-5,8-9,12-19,21,25H2,1-2H3/t33-/m1/s1. The van der Waals surface area contributed by atoms with Gasteiger partial charge in [-0.05, 0) is 68.0 Å². The van der Waals surface area contributed by atoms with Gasteiger partial charge in [0, 0.05) is 63.5 Å². The third kappa shape index (κ3) is 9.30. The number of halogens is 6. The zero-order valence-corrected chi connectivity index (χ0v) is 27.2. The van der Waals surface area contributed by atoms with Crippen LogP contribution in [-0.2, 0) is 18.8 Å². The Balaban J connectivity index is 1.26. The summed E-state index contributed by atoms with van der Waals surface area (Å²) in [5.74, 6) is 5.73. The zero-order chi connectivity index (χ0) is 33.8. The second-order valence-corrected chi connectivity index (χ2v) is 13.3. The molecule has 1 saturated carbocycles. The highest BCUT2D eigenvalue weighted by Crippen LogP contribution is 2.37. The van der Waals surface area contributed by atoms with Crippen molar-refractivity contribution < 1.29 is 31.1 Å². The van der Waals surface area contributed by atoms with Crippen LogP contribution in [-0.4, -0.2) is 96.5 Å². The van der Waals surface area contributed by atoms with E-state index in [1.165, 1.54) is 37.0 Å². The maximum atomic E-state index is 13.7. The highest BCUT2D eigenvalue weighted by Gasteiger charge is 2.39. The second-order valence-electron chi connectivity index (χ2n) is 13.3. The summed E-state index contributed by atoms with van der Waals surface area (Å²) in [5, 5.41) is 0. The predicted molar refractivity (Wildman–Crippen MR) is 170 cm³/mol. The van der Waals surface area contributed by atoms with Gasteiger partial charge in [0.05, 0.1) is 24.2 Å². The Hall–Kier alpha value is -3.07. The normalized spacial score (nSPS) is 21.0. The minimum absolute atomic E-state index is 0.0522. The van der Waals surface area contributed by atoms with E-state index in [1.807, 2.05) is 32.0 Å². The van der Waals surface area contributed by atoms with E-state index in [-0.39, 0.29) is 12.6 Å². The van der Waals surface area contributed by atoms with E-state index >= 15 is 0 Å². The van der Waals surface area contributed by atoms with Gasteiger partial charge in [0.1, 0.15) is 0 Å². The molecule has 11 heteroatoms. The molecule has 0 unspecified atom stereocenters. The number of hydrogen-bond acceptors (Lipinski definition) is 4. The minimum atomic E-state index is -5.03. The van der Waals surface area contributed by atoms with Crippen LogP contribution in [0.3, 0.4) is 0 Å². The number of piperazine rings is 2. The Morgan fingerprint density at radius 1 is 0.745 bits per heavy atom. The smallest absolute Gasteiger partial charge is 0.333 e. The third-order valence-electron chi connectivity index (χ3n) is 9.93. The van der Waals surface area contributed by atoms with Gasteiger partial charge in [0.15, 0.2) is 0 Å². The molecule has 0 bridgehead atoms. The minimum Gasteiger partial charge on any atom is -0.333 e. The van der Waals surface area contributed by atoms with Crippen molar-refractivity contribution in [2.75, 3.05) is 58.9 Å². The summed E-state index contributed by atoms with van der Waals surface area (Å²) in [5.41, 5.74) is -0.505. The molecule has 0 N–H and O–H groups in total. The first-order valence-corrected chi connectivity index (χ1v) is 16.6. The lowest BCUT2D eigenvalue weighted by atomic mass is 9.94. The molecule has 2 aromatic carbocycles. The van der Waals surface area contributed by atoms with E-state index in [0.717, 1.165) is 48.9 Å². The summed E-state index contributed by atoms with van der Waals surface area (Å²) in [6.45, 7) is 10.2. The van der Waals surface area contributed by atoms with Crippen LogP contribution in [0.4, 0.5) is 26.3 Å². The van der Waals surface area contributed by atoms with Crippen LogP contribution < -0.4 is 0 Å². The van der Waals surface area contributed by atoms with Crippen LogP contribution in [0.1, 0.15) is 70.3 Å². The Morgan fingerprint density at radius 3 is 1.94 bits per heavy atom. The summed E-state index contributed by atoms with van der Waals surface area (Å²) >= 11 is 0. The van der Waals surface area contributed by atoms with Crippen molar-refractivity contribution in [1.29, 1.82) is 0 Å². The van der Waals surface area contributed by atoms with Crippen LogP contribution >= 0.6 is 0 Å². The fraction of sp³-hybridized carbons (Fsp3) is 0.583. The molecule has 47 heavy (non-hydrogen) atoms. The molecule has 0 spiro atoms. The molecular formula is C36H44F6N4O. The average molecular weight is 663 g/mol. The van der Waals surface area contributed by atoms with Crippen LogP contribution in [0.2, 0.25) is 0 Å². The topological polar surface area (TPSA) is 30.0 Å². The monoisotopic (exact) mass is 662 g/mol. The first kappa shape index (κ1) is 35.2. The van der Waals surface area contributed by atoms with E-state index in [4.69, 9.17) is 0 Å². The molecule has 256 valence electrons. The fourth-order valence-corrected chi connectivity index (χ4v) is 7.02. The van der Waals surface area contributed by atoms with Gasteiger partial charge in [-0.25, -0.2) is 0 Å². The van der Waals surface area contributed by atoms with Crippen molar-refractivity contribution in [2.45, 2.75) is 76.8 Å². The third-order valence-corrected chi connectivity index (χ3v) is 9.93. The van der Waals surface area contributed by atoms with Crippen molar-refractivity contribution in [3.05, 3.63) is 69.8 Å². The molecule has 2 aliphatic heterocycles. The molecule has 1 aliphatic carbocycles. The lowest BCUT2D eigenvalue weighted by molar-refractivity contribution is -0.143. The van der Waals surface area contributed by atoms with Gasteiger partial charge in [-0.15, -0.1) is 0 Å². The van der Waals surface area contributed by atoms with Gasteiger partial charge >= 0.3 is 12.4 Å². The zero-order valence-electron chi connectivity index (χ0n) is 27.2. The molecule has 5 nitrogen and oxygen atoms in total. The Kier molecular flexibility index (Phi) is 11.2. The average Bonchev–Trinajstić information content (AvgIpc) is 3.04. The van der Waals surface area contributed by atoms with Crippen LogP contribution in [0.15, 0.2) is 36.4 Å². The molecule has 1 amide bonds. The van der Waals surface area contributed by atoms with Gasteiger partial charge in [-0.3, -0.25) is 19.5 Å². The van der Waals surface area contributed by atoms with Gasteiger partial charge in [0.2, 0.25) is 0 Å². The van der Waals surface area contributed by atoms with E-state index in [2.05, 4.69) is 26.5 Å². The number of amides is 1. The Morgan fingerprint density at radius 2 is 1.34 bits per heavy atom. The van der Waals surface area contributed by atoms with Crippen LogP contribution in [0.25, 0.3) is 0 Å². The SMILES string of the molecule is Cc1ccc(C[C@@H]2CN(CC#CCN3CCN(C4CCCCC4)CC3)CCN2C(=O)c2cc(C(F)(F)F)cc(C(F)(F)F)c2)cc1C. The molecule has 0 radical (unpaired) electrons. The number of hydrogen-bond donors (Lipinski definition) is 0. The number of alkyl halides is 6. The molecule has 2 saturated heterocycles. The highest BCUT2D eigenvalue weighted by molar-refractivity contribution is 5.95. The molecule has 2 aromatic rings. The maximum absolute atomic E-state index is 13.7. The van der Waals surface area contributed by atoms with Crippen molar-refractivity contribution in [3.8, 4) is 11.8 Å². The lowest BCUT2D eigenvalue weighted by Crippen LogP contribution is -2.56. The predicted octanol–water partition coefficient (Wildman–Crippen LogP) is 6.66. The Bertz CT molecular complexity index is 1420. The summed E-state index contributed by atoms with van der Waals surface area (Å²) in [6.07, 6.45) is -3.04. The molecule has 5 rings (SSSR count). The number of carbonyl (C=O) groups excluding carboxylic acids is 1. The molecule has 2 heterocycles. The van der Waals surface area contributed by atoms with E-state index in [1.54, 1.807) is 0 Å². The molecule has 3 fully saturated rings. The first-order chi connectivity index (χ1) is 22.3.